The molecule has 3 nitrogen and oxygen atoms in total. The molecule has 0 radical (unpaired) electrons. The molecule has 4 heteroatoms. The van der Waals surface area contributed by atoms with Crippen LogP contribution in [0, 0.1) is 24.1 Å². The van der Waals surface area contributed by atoms with E-state index in [1.165, 1.54) is 19.2 Å². The predicted octanol–water partition coefficient (Wildman–Crippen LogP) is 1.99. The summed E-state index contributed by atoms with van der Waals surface area (Å²) in [5.41, 5.74) is 1.01. The largest absolute Gasteiger partial charge is 0.465 e. The van der Waals surface area contributed by atoms with Crippen LogP contribution in [0.15, 0.2) is 12.1 Å². The molecule has 78 valence electrons. The van der Waals surface area contributed by atoms with E-state index in [0.29, 0.717) is 11.1 Å². The van der Waals surface area contributed by atoms with Gasteiger partial charge in [-0.3, -0.25) is 0 Å². The summed E-state index contributed by atoms with van der Waals surface area (Å²) in [6.07, 6.45) is -0.0594. The number of methoxy groups -OCH3 is 1. The lowest BCUT2D eigenvalue weighted by molar-refractivity contribution is 0.0599. The van der Waals surface area contributed by atoms with Crippen LogP contribution in [0.3, 0.4) is 0 Å². The second-order valence-electron chi connectivity index (χ2n) is 3.09. The van der Waals surface area contributed by atoms with Crippen LogP contribution in [0.5, 0.6) is 0 Å². The zero-order valence-electron chi connectivity index (χ0n) is 8.50. The van der Waals surface area contributed by atoms with Crippen molar-refractivity contribution in [2.75, 3.05) is 7.11 Å². The zero-order valence-corrected chi connectivity index (χ0v) is 8.50. The fourth-order valence-electron chi connectivity index (χ4n) is 1.27. The van der Waals surface area contributed by atoms with E-state index < -0.39 is 11.8 Å². The highest BCUT2D eigenvalue weighted by molar-refractivity contribution is 5.91. The first-order chi connectivity index (χ1) is 7.10. The highest BCUT2D eigenvalue weighted by Crippen LogP contribution is 2.16. The first kappa shape index (κ1) is 11.2. The molecule has 15 heavy (non-hydrogen) atoms. The Morgan fingerprint density at radius 3 is 2.80 bits per heavy atom. The molecule has 0 fully saturated rings. The third-order valence-corrected chi connectivity index (χ3v) is 2.07. The Balaban J connectivity index is 3.24. The number of hydrogen-bond donors (Lipinski definition) is 0. The molecule has 0 aromatic heterocycles. The molecule has 0 saturated carbocycles. The van der Waals surface area contributed by atoms with Gasteiger partial charge in [-0.15, -0.1) is 0 Å². The van der Waals surface area contributed by atoms with Gasteiger partial charge in [0, 0.05) is 5.56 Å². The quantitative estimate of drug-likeness (QED) is 0.697. The molecule has 0 aliphatic heterocycles. The number of esters is 1. The fraction of sp³-hybridized carbons (Fsp3) is 0.273. The third-order valence-electron chi connectivity index (χ3n) is 2.07. The lowest BCUT2D eigenvalue weighted by atomic mass is 10.0. The summed E-state index contributed by atoms with van der Waals surface area (Å²) >= 11 is 0. The number of benzene rings is 1. The number of carbonyl (C=O) groups is 1. The standard InChI is InChI=1S/C11H10FNO2/c1-7-5-10(12)8(3-4-13)6-9(7)11(14)15-2/h5-6H,3H2,1-2H3. The average molecular weight is 207 g/mol. The van der Waals surface area contributed by atoms with Gasteiger partial charge in [0.05, 0.1) is 25.2 Å². The van der Waals surface area contributed by atoms with Gasteiger partial charge in [0.15, 0.2) is 0 Å². The van der Waals surface area contributed by atoms with E-state index in [0.717, 1.165) is 0 Å². The van der Waals surface area contributed by atoms with Gasteiger partial charge in [-0.1, -0.05) is 0 Å². The zero-order chi connectivity index (χ0) is 11.4. The topological polar surface area (TPSA) is 50.1 Å². The molecule has 0 N–H and O–H groups in total. The van der Waals surface area contributed by atoms with E-state index in [4.69, 9.17) is 5.26 Å². The van der Waals surface area contributed by atoms with E-state index in [1.807, 2.05) is 6.07 Å². The van der Waals surface area contributed by atoms with Gasteiger partial charge in [-0.05, 0) is 24.6 Å². The van der Waals surface area contributed by atoms with Crippen molar-refractivity contribution in [1.82, 2.24) is 0 Å². The normalized spacial score (nSPS) is 9.47. The van der Waals surface area contributed by atoms with E-state index in [1.54, 1.807) is 6.92 Å². The van der Waals surface area contributed by atoms with Gasteiger partial charge in [-0.25, -0.2) is 9.18 Å². The number of carbonyl (C=O) groups excluding carboxylic acids is 1. The third kappa shape index (κ3) is 2.32. The summed E-state index contributed by atoms with van der Waals surface area (Å²) in [7, 11) is 1.26. The number of halogens is 1. The number of nitriles is 1. The van der Waals surface area contributed by atoms with E-state index in [2.05, 4.69) is 4.74 Å². The minimum atomic E-state index is -0.522. The highest BCUT2D eigenvalue weighted by atomic mass is 19.1. The van der Waals surface area contributed by atoms with Crippen molar-refractivity contribution in [3.05, 3.63) is 34.6 Å². The number of aryl methyl sites for hydroxylation is 1. The van der Waals surface area contributed by atoms with Gasteiger partial charge in [0.1, 0.15) is 5.82 Å². The smallest absolute Gasteiger partial charge is 0.338 e. The molecule has 1 aromatic carbocycles. The Bertz CT molecular complexity index is 435. The summed E-state index contributed by atoms with van der Waals surface area (Å²) in [5, 5.41) is 8.47. The number of hydrogen-bond acceptors (Lipinski definition) is 3. The molecule has 0 atom stereocenters. The summed E-state index contributed by atoms with van der Waals surface area (Å²) in [4.78, 5) is 11.3. The second kappa shape index (κ2) is 4.56. The van der Waals surface area contributed by atoms with Crippen LogP contribution in [-0.2, 0) is 11.2 Å². The molecule has 0 aliphatic rings. The fourth-order valence-corrected chi connectivity index (χ4v) is 1.27. The molecule has 0 unspecified atom stereocenters. The predicted molar refractivity (Wildman–Crippen MR) is 51.8 cm³/mol. The van der Waals surface area contributed by atoms with E-state index in [-0.39, 0.29) is 12.0 Å². The van der Waals surface area contributed by atoms with Gasteiger partial charge in [-0.2, -0.15) is 5.26 Å². The van der Waals surface area contributed by atoms with Crippen molar-refractivity contribution in [3.8, 4) is 6.07 Å². The molecule has 0 heterocycles. The maximum atomic E-state index is 13.3. The molecule has 1 aromatic rings. The lowest BCUT2D eigenvalue weighted by Crippen LogP contribution is -2.06. The van der Waals surface area contributed by atoms with Crippen LogP contribution in [0.25, 0.3) is 0 Å². The first-order valence-corrected chi connectivity index (χ1v) is 4.34. The van der Waals surface area contributed by atoms with Gasteiger partial charge in [0.2, 0.25) is 0 Å². The SMILES string of the molecule is COC(=O)c1cc(CC#N)c(F)cc1C. The minimum absolute atomic E-state index is 0.0594. The Morgan fingerprint density at radius 1 is 1.60 bits per heavy atom. The molecule has 1 rings (SSSR count). The highest BCUT2D eigenvalue weighted by Gasteiger charge is 2.13. The summed E-state index contributed by atoms with van der Waals surface area (Å²) in [5.74, 6) is -0.992. The van der Waals surface area contributed by atoms with Crippen LogP contribution in [0.2, 0.25) is 0 Å². The molecule has 0 saturated heterocycles. The number of nitrogens with zero attached hydrogens (tertiary/aromatic N) is 1. The van der Waals surface area contributed by atoms with Crippen LogP contribution in [0.4, 0.5) is 4.39 Å². The lowest BCUT2D eigenvalue weighted by Gasteiger charge is -2.06. The Kier molecular flexibility index (Phi) is 3.40. The molecular formula is C11H10FNO2. The molecule has 0 bridgehead atoms. The van der Waals surface area contributed by atoms with Gasteiger partial charge in [0.25, 0.3) is 0 Å². The molecule has 0 amide bonds. The van der Waals surface area contributed by atoms with Crippen molar-refractivity contribution in [3.63, 3.8) is 0 Å². The van der Waals surface area contributed by atoms with Crippen LogP contribution in [0.1, 0.15) is 21.5 Å². The van der Waals surface area contributed by atoms with Crippen molar-refractivity contribution < 1.29 is 13.9 Å². The Morgan fingerprint density at radius 2 is 2.27 bits per heavy atom. The Hall–Kier alpha value is -1.89. The van der Waals surface area contributed by atoms with Gasteiger partial charge < -0.3 is 4.74 Å². The number of ether oxygens (including phenoxy) is 1. The van der Waals surface area contributed by atoms with Crippen LogP contribution < -0.4 is 0 Å². The van der Waals surface area contributed by atoms with Crippen LogP contribution in [-0.4, -0.2) is 13.1 Å². The molecule has 0 spiro atoms. The first-order valence-electron chi connectivity index (χ1n) is 4.34. The maximum Gasteiger partial charge on any atom is 0.338 e. The molecule has 0 aliphatic carbocycles. The molecular weight excluding hydrogens is 197 g/mol. The van der Waals surface area contributed by atoms with Gasteiger partial charge >= 0.3 is 5.97 Å². The second-order valence-corrected chi connectivity index (χ2v) is 3.09. The Labute approximate surface area is 87.1 Å². The summed E-state index contributed by atoms with van der Waals surface area (Å²) < 4.78 is 17.8. The van der Waals surface area contributed by atoms with E-state index >= 15 is 0 Å². The summed E-state index contributed by atoms with van der Waals surface area (Å²) in [6, 6.07) is 4.43. The summed E-state index contributed by atoms with van der Waals surface area (Å²) in [6.45, 7) is 1.62. The number of rotatable bonds is 2. The minimum Gasteiger partial charge on any atom is -0.465 e. The maximum absolute atomic E-state index is 13.3. The van der Waals surface area contributed by atoms with E-state index in [9.17, 15) is 9.18 Å². The monoisotopic (exact) mass is 207 g/mol. The average Bonchev–Trinajstić information content (AvgIpc) is 2.21. The van der Waals surface area contributed by atoms with Crippen molar-refractivity contribution in [1.29, 1.82) is 5.26 Å². The van der Waals surface area contributed by atoms with Crippen molar-refractivity contribution in [2.45, 2.75) is 13.3 Å². The van der Waals surface area contributed by atoms with Crippen molar-refractivity contribution >= 4 is 5.97 Å². The van der Waals surface area contributed by atoms with Crippen molar-refractivity contribution in [2.24, 2.45) is 0 Å². The van der Waals surface area contributed by atoms with Crippen LogP contribution >= 0.6 is 0 Å².